The Kier molecular flexibility index (Phi) is 11.7. The number of fused-ring (bicyclic) bond motifs is 1. The lowest BCUT2D eigenvalue weighted by Gasteiger charge is -2.26. The van der Waals surface area contributed by atoms with Gasteiger partial charge in [-0.3, -0.25) is 15.0 Å². The van der Waals surface area contributed by atoms with Crippen molar-refractivity contribution in [3.8, 4) is 34.3 Å². The molecule has 3 amide bonds. The van der Waals surface area contributed by atoms with Crippen molar-refractivity contribution in [2.45, 2.75) is 6.92 Å². The number of hydrogen-bond donors (Lipinski definition) is 4. The van der Waals surface area contributed by atoms with E-state index in [4.69, 9.17) is 19.3 Å². The Morgan fingerprint density at radius 1 is 0.831 bits per heavy atom. The molecule has 0 aliphatic carbocycles. The van der Waals surface area contributed by atoms with Gasteiger partial charge in [-0.2, -0.15) is 10.1 Å². The van der Waals surface area contributed by atoms with Crippen molar-refractivity contribution in [3.63, 3.8) is 0 Å². The van der Waals surface area contributed by atoms with Crippen LogP contribution in [-0.4, -0.2) is 83.1 Å². The molecule has 1 fully saturated rings. The van der Waals surface area contributed by atoms with Gasteiger partial charge in [0, 0.05) is 72.1 Å². The first kappa shape index (κ1) is 38.6. The number of aromatic nitrogens is 4. The zero-order chi connectivity index (χ0) is 40.6. The first-order valence-corrected chi connectivity index (χ1v) is 19.3. The standard InChI is InChI=1S/C45H43N9O5/c1-30-26-32(43(55)46-20-21-53-22-24-58-25-23-53)28-33(27-30)48-44-47-19-18-42(51-44)59-40-17-16-38(36-10-6-7-11-37(36)40)49-45(56)50-41-29-39(31-8-4-3-5-9-31)52-54(41)34-12-14-35(57-2)15-13-34/h3-19,26-29H,20-25H2,1-2H3,(H,46,55)(H,47,48,51)(H2,49,50,56). The number of benzene rings is 5. The second-order valence-electron chi connectivity index (χ2n) is 13.9. The Bertz CT molecular complexity index is 2570. The summed E-state index contributed by atoms with van der Waals surface area (Å²) in [4.78, 5) is 38.0. The van der Waals surface area contributed by atoms with Gasteiger partial charge in [0.25, 0.3) is 5.91 Å². The quantitative estimate of drug-likeness (QED) is 0.0902. The SMILES string of the molecule is COc1ccc(-n2nc(-c3ccccc3)cc2NC(=O)Nc2ccc(Oc3ccnc(Nc4cc(C)cc(C(=O)NCCN5CCOCC5)c4)n3)c3ccccc23)cc1. The number of ether oxygens (including phenoxy) is 3. The fourth-order valence-corrected chi connectivity index (χ4v) is 6.82. The van der Waals surface area contributed by atoms with Crippen molar-refractivity contribution in [1.29, 1.82) is 0 Å². The van der Waals surface area contributed by atoms with E-state index in [1.165, 1.54) is 0 Å². The van der Waals surface area contributed by atoms with E-state index in [1.54, 1.807) is 42.3 Å². The normalized spacial score (nSPS) is 12.8. The van der Waals surface area contributed by atoms with Gasteiger partial charge in [0.05, 0.1) is 37.4 Å². The Morgan fingerprint density at radius 2 is 1.61 bits per heavy atom. The predicted molar refractivity (Wildman–Crippen MR) is 228 cm³/mol. The van der Waals surface area contributed by atoms with Crippen molar-refractivity contribution in [1.82, 2.24) is 30.0 Å². The molecular formula is C45H43N9O5. The second kappa shape index (κ2) is 17.9. The minimum Gasteiger partial charge on any atom is -0.497 e. The molecule has 0 atom stereocenters. The molecule has 8 rings (SSSR count). The number of carbonyl (C=O) groups excluding carboxylic acids is 2. The van der Waals surface area contributed by atoms with E-state index in [2.05, 4.69) is 36.1 Å². The van der Waals surface area contributed by atoms with E-state index < -0.39 is 6.03 Å². The molecular weight excluding hydrogens is 747 g/mol. The Morgan fingerprint density at radius 3 is 2.41 bits per heavy atom. The summed E-state index contributed by atoms with van der Waals surface area (Å²) in [6.07, 6.45) is 1.60. The molecule has 298 valence electrons. The van der Waals surface area contributed by atoms with Crippen LogP contribution in [0.25, 0.3) is 27.7 Å². The first-order valence-electron chi connectivity index (χ1n) is 19.3. The molecule has 1 aliphatic heterocycles. The molecule has 0 radical (unpaired) electrons. The van der Waals surface area contributed by atoms with E-state index in [0.717, 1.165) is 60.4 Å². The molecule has 0 saturated carbocycles. The van der Waals surface area contributed by atoms with Gasteiger partial charge in [-0.25, -0.2) is 14.5 Å². The minimum absolute atomic E-state index is 0.150. The summed E-state index contributed by atoms with van der Waals surface area (Å²) in [7, 11) is 1.61. The summed E-state index contributed by atoms with van der Waals surface area (Å²) in [6.45, 7) is 6.42. The average Bonchev–Trinajstić information content (AvgIpc) is 3.68. The van der Waals surface area contributed by atoms with Crippen molar-refractivity contribution in [2.24, 2.45) is 0 Å². The summed E-state index contributed by atoms with van der Waals surface area (Å²) in [6, 6.07) is 37.0. The predicted octanol–water partition coefficient (Wildman–Crippen LogP) is 8.04. The van der Waals surface area contributed by atoms with Gasteiger partial charge in [0.2, 0.25) is 11.8 Å². The van der Waals surface area contributed by atoms with Crippen molar-refractivity contribution >= 4 is 45.9 Å². The van der Waals surface area contributed by atoms with E-state index in [-0.39, 0.29) is 5.91 Å². The van der Waals surface area contributed by atoms with Gasteiger partial charge < -0.3 is 30.2 Å². The number of hydrogen-bond acceptors (Lipinski definition) is 10. The lowest BCUT2D eigenvalue weighted by Crippen LogP contribution is -2.41. The van der Waals surface area contributed by atoms with Gasteiger partial charge in [0.15, 0.2) is 0 Å². The maximum atomic E-state index is 13.6. The highest BCUT2D eigenvalue weighted by Gasteiger charge is 2.17. The first-order chi connectivity index (χ1) is 28.9. The number of amides is 3. The molecule has 1 aliphatic rings. The lowest BCUT2D eigenvalue weighted by molar-refractivity contribution is 0.0383. The number of nitrogens with zero attached hydrogens (tertiary/aromatic N) is 5. The molecule has 59 heavy (non-hydrogen) atoms. The molecule has 0 spiro atoms. The molecule has 14 heteroatoms. The highest BCUT2D eigenvalue weighted by Crippen LogP contribution is 2.35. The maximum Gasteiger partial charge on any atom is 0.324 e. The Balaban J connectivity index is 0.960. The van der Waals surface area contributed by atoms with Gasteiger partial charge in [0.1, 0.15) is 17.3 Å². The number of methoxy groups -OCH3 is 1. The summed E-state index contributed by atoms with van der Waals surface area (Å²) < 4.78 is 18.8. The number of nitrogens with one attached hydrogen (secondary N) is 4. The fraction of sp³-hybridized carbons (Fsp3) is 0.178. The summed E-state index contributed by atoms with van der Waals surface area (Å²) in [5.41, 5.74) is 5.06. The molecule has 0 unspecified atom stereocenters. The maximum absolute atomic E-state index is 13.6. The van der Waals surface area contributed by atoms with Crippen LogP contribution >= 0.6 is 0 Å². The summed E-state index contributed by atoms with van der Waals surface area (Å²) >= 11 is 0. The van der Waals surface area contributed by atoms with Crippen LogP contribution in [0.1, 0.15) is 15.9 Å². The number of morpholine rings is 1. The third-order valence-electron chi connectivity index (χ3n) is 9.73. The van der Waals surface area contributed by atoms with Crippen molar-refractivity contribution < 1.29 is 23.8 Å². The van der Waals surface area contributed by atoms with Crippen LogP contribution in [0.3, 0.4) is 0 Å². The average molecular weight is 790 g/mol. The smallest absolute Gasteiger partial charge is 0.324 e. The highest BCUT2D eigenvalue weighted by molar-refractivity contribution is 6.07. The molecule has 14 nitrogen and oxygen atoms in total. The summed E-state index contributed by atoms with van der Waals surface area (Å²) in [5, 5.41) is 18.6. The number of rotatable bonds is 13. The molecule has 3 heterocycles. The molecule has 0 bridgehead atoms. The van der Waals surface area contributed by atoms with Crippen molar-refractivity contribution in [2.75, 3.05) is 62.5 Å². The van der Waals surface area contributed by atoms with Gasteiger partial charge in [-0.15, -0.1) is 0 Å². The molecule has 1 saturated heterocycles. The Labute approximate surface area is 341 Å². The number of anilines is 4. The third kappa shape index (κ3) is 9.47. The highest BCUT2D eigenvalue weighted by atomic mass is 16.5. The second-order valence-corrected chi connectivity index (χ2v) is 13.9. The zero-order valence-corrected chi connectivity index (χ0v) is 32.6. The van der Waals surface area contributed by atoms with Gasteiger partial charge >= 0.3 is 6.03 Å². The van der Waals surface area contributed by atoms with Gasteiger partial charge in [-0.05, 0) is 67.1 Å². The third-order valence-corrected chi connectivity index (χ3v) is 9.73. The van der Waals surface area contributed by atoms with Crippen molar-refractivity contribution in [3.05, 3.63) is 139 Å². The molecule has 7 aromatic rings. The van der Waals surface area contributed by atoms with Gasteiger partial charge in [-0.1, -0.05) is 54.6 Å². The number of aryl methyl sites for hydroxylation is 1. The minimum atomic E-state index is -0.450. The fourth-order valence-electron chi connectivity index (χ4n) is 6.82. The van der Waals surface area contributed by atoms with Crippen LogP contribution in [0, 0.1) is 6.92 Å². The monoisotopic (exact) mass is 789 g/mol. The summed E-state index contributed by atoms with van der Waals surface area (Å²) in [5.74, 6) is 2.18. The molecule has 5 aromatic carbocycles. The van der Waals surface area contributed by atoms with E-state index in [1.807, 2.05) is 104 Å². The molecule has 2 aromatic heterocycles. The largest absolute Gasteiger partial charge is 0.497 e. The van der Waals surface area contributed by atoms with Crippen LogP contribution in [0.5, 0.6) is 17.4 Å². The van der Waals surface area contributed by atoms with E-state index in [0.29, 0.717) is 58.3 Å². The van der Waals surface area contributed by atoms with Crippen LogP contribution in [0.15, 0.2) is 128 Å². The topological polar surface area (TPSA) is 157 Å². The number of urea groups is 1. The molecule has 4 N–H and O–H groups in total. The Hall–Kier alpha value is -7.29. The van der Waals surface area contributed by atoms with Crippen LogP contribution in [0.4, 0.5) is 27.9 Å². The van der Waals surface area contributed by atoms with Crippen LogP contribution in [0.2, 0.25) is 0 Å². The van der Waals surface area contributed by atoms with E-state index >= 15 is 0 Å². The number of carbonyl (C=O) groups is 2. The van der Waals surface area contributed by atoms with Crippen LogP contribution < -0.4 is 30.7 Å². The van der Waals surface area contributed by atoms with Crippen LogP contribution in [-0.2, 0) is 4.74 Å². The van der Waals surface area contributed by atoms with E-state index in [9.17, 15) is 9.59 Å². The lowest BCUT2D eigenvalue weighted by atomic mass is 10.1. The zero-order valence-electron chi connectivity index (χ0n) is 32.6.